The van der Waals surface area contributed by atoms with E-state index in [2.05, 4.69) is 11.3 Å². The van der Waals surface area contributed by atoms with E-state index in [0.717, 1.165) is 6.08 Å². The maximum absolute atomic E-state index is 10.9. The average Bonchev–Trinajstić information content (AvgIpc) is 2.36. The van der Waals surface area contributed by atoms with E-state index < -0.39 is 18.2 Å². The number of hydrogen-bond donors (Lipinski definition) is 1. The van der Waals surface area contributed by atoms with E-state index in [1.807, 2.05) is 0 Å². The molecule has 0 radical (unpaired) electrons. The van der Waals surface area contributed by atoms with Crippen LogP contribution in [-0.2, 0) is 33.9 Å². The fraction of sp³-hybridized carbons (Fsp3) is 0.167. The van der Waals surface area contributed by atoms with Gasteiger partial charge in [0.2, 0.25) is 6.29 Å². The van der Waals surface area contributed by atoms with Crippen molar-refractivity contribution < 1.29 is 48.7 Å². The molecule has 0 heterocycles. The maximum atomic E-state index is 10.9. The second-order valence-electron chi connectivity index (χ2n) is 3.19. The second kappa shape index (κ2) is 8.40. The summed E-state index contributed by atoms with van der Waals surface area (Å²) in [7, 11) is 0. The molecule has 19 heavy (non-hydrogen) atoms. The van der Waals surface area contributed by atoms with Crippen LogP contribution >= 0.6 is 0 Å². The SMILES string of the molecule is C=CC(=O)OC(C)OOc1ccccc1C(=O)O.[Zn]. The third kappa shape index (κ3) is 5.63. The number of carbonyl (C=O) groups is 2. The van der Waals surface area contributed by atoms with Crippen molar-refractivity contribution in [1.82, 2.24) is 0 Å². The second-order valence-corrected chi connectivity index (χ2v) is 3.19. The van der Waals surface area contributed by atoms with E-state index in [1.54, 1.807) is 12.1 Å². The number of carboxylic acid groups (broad SMARTS) is 1. The Morgan fingerprint density at radius 3 is 2.58 bits per heavy atom. The number of esters is 1. The number of ether oxygens (including phenoxy) is 1. The van der Waals surface area contributed by atoms with E-state index in [0.29, 0.717) is 0 Å². The number of para-hydroxylation sites is 1. The molecule has 0 fully saturated rings. The van der Waals surface area contributed by atoms with Crippen LogP contribution in [0.1, 0.15) is 17.3 Å². The van der Waals surface area contributed by atoms with Crippen molar-refractivity contribution in [3.63, 3.8) is 0 Å². The Hall–Kier alpha value is -1.72. The number of hydrogen-bond acceptors (Lipinski definition) is 5. The number of benzene rings is 1. The Kier molecular flexibility index (Phi) is 7.64. The third-order valence-corrected chi connectivity index (χ3v) is 1.84. The number of rotatable bonds is 6. The van der Waals surface area contributed by atoms with Gasteiger partial charge in [-0.15, -0.1) is 4.89 Å². The quantitative estimate of drug-likeness (QED) is 0.215. The Labute approximate surface area is 122 Å². The van der Waals surface area contributed by atoms with Crippen LogP contribution in [0.5, 0.6) is 5.75 Å². The summed E-state index contributed by atoms with van der Waals surface area (Å²) in [5.74, 6) is -1.80. The minimum atomic E-state index is -1.15. The summed E-state index contributed by atoms with van der Waals surface area (Å²) in [6.45, 7) is 4.64. The molecule has 98 valence electrons. The smallest absolute Gasteiger partial charge is 0.339 e. The van der Waals surface area contributed by atoms with E-state index in [9.17, 15) is 9.59 Å². The molecule has 0 aliphatic heterocycles. The predicted octanol–water partition coefficient (Wildman–Crippen LogP) is 1.77. The van der Waals surface area contributed by atoms with Crippen LogP contribution in [0.4, 0.5) is 0 Å². The van der Waals surface area contributed by atoms with Gasteiger partial charge in [0.15, 0.2) is 5.75 Å². The first-order valence-corrected chi connectivity index (χ1v) is 5.03. The van der Waals surface area contributed by atoms with E-state index in [-0.39, 0.29) is 30.8 Å². The summed E-state index contributed by atoms with van der Waals surface area (Å²) in [6, 6.07) is 5.93. The molecular formula is C12H12O6Zn. The molecular weight excluding hydrogens is 306 g/mol. The molecule has 1 N–H and O–H groups in total. The Balaban J connectivity index is 0.00000324. The summed E-state index contributed by atoms with van der Waals surface area (Å²) in [6.07, 6.45) is -0.0113. The first-order valence-electron chi connectivity index (χ1n) is 5.03. The normalized spacial score (nSPS) is 10.8. The van der Waals surface area contributed by atoms with Crippen molar-refractivity contribution in [2.24, 2.45) is 0 Å². The number of carbonyl (C=O) groups excluding carboxylic acids is 1. The Morgan fingerprint density at radius 2 is 2.00 bits per heavy atom. The van der Waals surface area contributed by atoms with Gasteiger partial charge in [0, 0.05) is 32.5 Å². The van der Waals surface area contributed by atoms with Gasteiger partial charge in [0.25, 0.3) is 0 Å². The molecule has 0 saturated carbocycles. The number of carboxylic acids is 1. The molecule has 1 aromatic carbocycles. The topological polar surface area (TPSA) is 82.1 Å². The van der Waals surface area contributed by atoms with Crippen molar-refractivity contribution in [3.8, 4) is 5.75 Å². The molecule has 7 heteroatoms. The van der Waals surface area contributed by atoms with Gasteiger partial charge >= 0.3 is 11.9 Å². The fourth-order valence-electron chi connectivity index (χ4n) is 1.07. The van der Waals surface area contributed by atoms with Crippen molar-refractivity contribution >= 4 is 11.9 Å². The molecule has 0 saturated heterocycles. The van der Waals surface area contributed by atoms with Gasteiger partial charge in [-0.1, -0.05) is 18.7 Å². The van der Waals surface area contributed by atoms with E-state index in [4.69, 9.17) is 14.9 Å². The van der Waals surface area contributed by atoms with Gasteiger partial charge < -0.3 is 14.7 Å². The van der Waals surface area contributed by atoms with Gasteiger partial charge in [-0.25, -0.2) is 9.59 Å². The van der Waals surface area contributed by atoms with Gasteiger partial charge in [-0.2, -0.15) is 0 Å². The molecule has 1 aromatic rings. The Morgan fingerprint density at radius 1 is 1.37 bits per heavy atom. The third-order valence-electron chi connectivity index (χ3n) is 1.84. The van der Waals surface area contributed by atoms with Crippen LogP contribution in [0.15, 0.2) is 36.9 Å². The average molecular weight is 318 g/mol. The summed E-state index contributed by atoms with van der Waals surface area (Å²) in [5.41, 5.74) is -0.0558. The molecule has 6 nitrogen and oxygen atoms in total. The molecule has 0 bridgehead atoms. The summed E-state index contributed by atoms with van der Waals surface area (Å²) >= 11 is 0. The van der Waals surface area contributed by atoms with Gasteiger partial charge in [0.1, 0.15) is 5.56 Å². The van der Waals surface area contributed by atoms with Crippen molar-refractivity contribution in [2.45, 2.75) is 13.2 Å². The van der Waals surface area contributed by atoms with Crippen molar-refractivity contribution in [1.29, 1.82) is 0 Å². The zero-order valence-corrected chi connectivity index (χ0v) is 13.3. The van der Waals surface area contributed by atoms with Crippen LogP contribution in [0, 0.1) is 0 Å². The monoisotopic (exact) mass is 316 g/mol. The largest absolute Gasteiger partial charge is 0.478 e. The van der Waals surface area contributed by atoms with E-state index in [1.165, 1.54) is 19.1 Å². The minimum Gasteiger partial charge on any atom is -0.478 e. The minimum absolute atomic E-state index is 0. The van der Waals surface area contributed by atoms with Crippen LogP contribution in [0.3, 0.4) is 0 Å². The maximum Gasteiger partial charge on any atom is 0.339 e. The van der Waals surface area contributed by atoms with Crippen LogP contribution in [-0.4, -0.2) is 23.3 Å². The molecule has 1 rings (SSSR count). The van der Waals surface area contributed by atoms with Crippen LogP contribution < -0.4 is 4.89 Å². The predicted molar refractivity (Wildman–Crippen MR) is 60.9 cm³/mol. The zero-order chi connectivity index (χ0) is 13.5. The summed E-state index contributed by atoms with van der Waals surface area (Å²) < 4.78 is 4.67. The van der Waals surface area contributed by atoms with Crippen LogP contribution in [0.2, 0.25) is 0 Å². The van der Waals surface area contributed by atoms with Crippen molar-refractivity contribution in [3.05, 3.63) is 42.5 Å². The van der Waals surface area contributed by atoms with Gasteiger partial charge in [-0.05, 0) is 12.1 Å². The van der Waals surface area contributed by atoms with E-state index >= 15 is 0 Å². The molecule has 0 aliphatic carbocycles. The standard InChI is InChI=1S/C12H12O6.Zn/c1-3-11(13)16-8(2)17-18-10-7-5-4-6-9(10)12(14)15;/h3-8H,1H2,2H3,(H,14,15);. The molecule has 0 aromatic heterocycles. The molecule has 0 aliphatic rings. The van der Waals surface area contributed by atoms with Crippen LogP contribution in [0.25, 0.3) is 0 Å². The van der Waals surface area contributed by atoms with Gasteiger partial charge in [-0.3, -0.25) is 0 Å². The van der Waals surface area contributed by atoms with Gasteiger partial charge in [0.05, 0.1) is 0 Å². The molecule has 0 amide bonds. The first kappa shape index (κ1) is 17.3. The molecule has 1 atom stereocenters. The van der Waals surface area contributed by atoms with Crippen molar-refractivity contribution in [2.75, 3.05) is 0 Å². The molecule has 1 unspecified atom stereocenters. The Bertz CT molecular complexity index is 459. The first-order chi connectivity index (χ1) is 8.54. The number of aromatic carboxylic acids is 1. The zero-order valence-electron chi connectivity index (χ0n) is 10.4. The summed E-state index contributed by atoms with van der Waals surface area (Å²) in [4.78, 5) is 31.2. The fourth-order valence-corrected chi connectivity index (χ4v) is 1.07. The molecule has 0 spiro atoms. The summed E-state index contributed by atoms with van der Waals surface area (Å²) in [5, 5.41) is 8.88.